The minimum absolute atomic E-state index is 0.0646. The number of morpholine rings is 1. The molecule has 1 unspecified atom stereocenters. The van der Waals surface area contributed by atoms with Crippen molar-refractivity contribution in [2.24, 2.45) is 0 Å². The summed E-state index contributed by atoms with van der Waals surface area (Å²) in [6.07, 6.45) is -5.93. The first-order valence-corrected chi connectivity index (χ1v) is 6.69. The molecule has 0 aromatic carbocycles. The summed E-state index contributed by atoms with van der Waals surface area (Å²) >= 11 is 0. The molecule has 0 saturated carbocycles. The van der Waals surface area contributed by atoms with Crippen LogP contribution in [0.2, 0.25) is 0 Å². The molecule has 112 valence electrons. The minimum Gasteiger partial charge on any atom is -0.481 e. The molecule has 1 atom stereocenters. The highest BCUT2D eigenvalue weighted by Gasteiger charge is 2.34. The Hall–Kier alpha value is -0.910. The van der Waals surface area contributed by atoms with Crippen LogP contribution in [-0.2, 0) is 19.7 Å². The van der Waals surface area contributed by atoms with E-state index in [1.807, 2.05) is 0 Å². The topological polar surface area (TPSA) is 95.9 Å². The molecule has 1 saturated heterocycles. The van der Waals surface area contributed by atoms with Crippen LogP contribution in [0.25, 0.3) is 0 Å². The van der Waals surface area contributed by atoms with E-state index in [0.717, 1.165) is 4.31 Å². The van der Waals surface area contributed by atoms with Crippen molar-refractivity contribution in [3.63, 3.8) is 0 Å². The molecule has 1 fully saturated rings. The maximum absolute atomic E-state index is 12.0. The van der Waals surface area contributed by atoms with Gasteiger partial charge in [-0.15, -0.1) is 0 Å². The molecule has 7 nitrogen and oxygen atoms in total. The lowest BCUT2D eigenvalue weighted by atomic mass is 10.2. The van der Waals surface area contributed by atoms with Crippen LogP contribution < -0.4 is 4.72 Å². The van der Waals surface area contributed by atoms with E-state index in [0.29, 0.717) is 0 Å². The number of alkyl halides is 3. The van der Waals surface area contributed by atoms with E-state index in [4.69, 9.17) is 9.84 Å². The number of hydrogen-bond donors (Lipinski definition) is 2. The second kappa shape index (κ2) is 6.03. The Morgan fingerprint density at radius 3 is 2.63 bits per heavy atom. The van der Waals surface area contributed by atoms with Crippen LogP contribution in [-0.4, -0.2) is 62.3 Å². The Morgan fingerprint density at radius 1 is 1.47 bits per heavy atom. The Morgan fingerprint density at radius 2 is 2.11 bits per heavy atom. The molecule has 19 heavy (non-hydrogen) atoms. The van der Waals surface area contributed by atoms with Crippen molar-refractivity contribution >= 4 is 16.2 Å². The molecule has 0 spiro atoms. The molecule has 1 rings (SSSR count). The summed E-state index contributed by atoms with van der Waals surface area (Å²) < 4.78 is 66.2. The summed E-state index contributed by atoms with van der Waals surface area (Å²) in [6, 6.07) is 0. The van der Waals surface area contributed by atoms with Gasteiger partial charge in [0.2, 0.25) is 0 Å². The van der Waals surface area contributed by atoms with E-state index >= 15 is 0 Å². The lowest BCUT2D eigenvalue weighted by molar-refractivity contribution is -0.141. The third kappa shape index (κ3) is 5.72. The zero-order valence-electron chi connectivity index (χ0n) is 9.68. The molecule has 1 aliphatic heterocycles. The van der Waals surface area contributed by atoms with Gasteiger partial charge < -0.3 is 9.84 Å². The number of hydrogen-bond acceptors (Lipinski definition) is 4. The number of carbonyl (C=O) groups is 1. The second-order valence-electron chi connectivity index (χ2n) is 3.89. The number of carboxylic acid groups (broad SMARTS) is 1. The summed E-state index contributed by atoms with van der Waals surface area (Å²) in [5.41, 5.74) is 0. The first kappa shape index (κ1) is 16.1. The molecular formula is C8H13F3N2O5S. The molecule has 1 aliphatic rings. The highest BCUT2D eigenvalue weighted by molar-refractivity contribution is 7.87. The molecule has 0 bridgehead atoms. The summed E-state index contributed by atoms with van der Waals surface area (Å²) in [7, 11) is -4.29. The molecule has 11 heteroatoms. The molecule has 0 radical (unpaired) electrons. The SMILES string of the molecule is O=C(O)CC1CN(S(=O)(=O)NCC(F)(F)F)CCO1. The number of nitrogens with one attached hydrogen (secondary N) is 1. The fraction of sp³-hybridized carbons (Fsp3) is 0.875. The van der Waals surface area contributed by atoms with E-state index < -0.39 is 41.4 Å². The van der Waals surface area contributed by atoms with Crippen LogP contribution >= 0.6 is 0 Å². The van der Waals surface area contributed by atoms with Gasteiger partial charge in [0.1, 0.15) is 6.54 Å². The molecule has 0 aliphatic carbocycles. The summed E-state index contributed by atoms with van der Waals surface area (Å²) in [6.45, 7) is -2.15. The predicted molar refractivity (Wildman–Crippen MR) is 56.5 cm³/mol. The van der Waals surface area contributed by atoms with Gasteiger partial charge in [-0.05, 0) is 0 Å². The maximum Gasteiger partial charge on any atom is 0.402 e. The van der Waals surface area contributed by atoms with E-state index in [9.17, 15) is 26.4 Å². The van der Waals surface area contributed by atoms with Crippen LogP contribution in [0.1, 0.15) is 6.42 Å². The first-order valence-electron chi connectivity index (χ1n) is 5.25. The van der Waals surface area contributed by atoms with Crippen LogP contribution in [0.3, 0.4) is 0 Å². The third-order valence-corrected chi connectivity index (χ3v) is 3.82. The van der Waals surface area contributed by atoms with Crippen LogP contribution in [0.15, 0.2) is 0 Å². The van der Waals surface area contributed by atoms with Gasteiger partial charge in [0, 0.05) is 13.1 Å². The highest BCUT2D eigenvalue weighted by atomic mass is 32.2. The number of rotatable bonds is 5. The van der Waals surface area contributed by atoms with Gasteiger partial charge in [0.25, 0.3) is 10.2 Å². The van der Waals surface area contributed by atoms with Gasteiger partial charge in [-0.25, -0.2) is 0 Å². The molecule has 0 aromatic heterocycles. The monoisotopic (exact) mass is 306 g/mol. The van der Waals surface area contributed by atoms with Crippen molar-refractivity contribution in [1.82, 2.24) is 9.03 Å². The van der Waals surface area contributed by atoms with E-state index in [2.05, 4.69) is 0 Å². The van der Waals surface area contributed by atoms with Gasteiger partial charge in [-0.2, -0.15) is 30.6 Å². The second-order valence-corrected chi connectivity index (χ2v) is 5.65. The molecular weight excluding hydrogens is 293 g/mol. The smallest absolute Gasteiger partial charge is 0.402 e. The quantitative estimate of drug-likeness (QED) is 0.718. The van der Waals surface area contributed by atoms with Gasteiger partial charge in [0.05, 0.1) is 19.1 Å². The lowest BCUT2D eigenvalue weighted by Crippen LogP contribution is -2.51. The Labute approximate surface area is 107 Å². The fourth-order valence-corrected chi connectivity index (χ4v) is 2.70. The van der Waals surface area contributed by atoms with Crippen LogP contribution in [0.4, 0.5) is 13.2 Å². The molecule has 0 amide bonds. The average molecular weight is 306 g/mol. The van der Waals surface area contributed by atoms with Crippen LogP contribution in [0.5, 0.6) is 0 Å². The summed E-state index contributed by atoms with van der Waals surface area (Å²) in [5, 5.41) is 8.55. The van der Waals surface area contributed by atoms with Gasteiger partial charge in [-0.1, -0.05) is 0 Å². The van der Waals surface area contributed by atoms with Crippen molar-refractivity contribution < 1.29 is 36.2 Å². The summed E-state index contributed by atoms with van der Waals surface area (Å²) in [5.74, 6) is -1.17. The minimum atomic E-state index is -4.65. The predicted octanol–water partition coefficient (Wildman–Crippen LogP) is -0.441. The summed E-state index contributed by atoms with van der Waals surface area (Å²) in [4.78, 5) is 10.5. The van der Waals surface area contributed by atoms with Crippen LogP contribution in [0, 0.1) is 0 Å². The number of halogens is 3. The number of carboxylic acids is 1. The van der Waals surface area contributed by atoms with E-state index in [1.54, 1.807) is 0 Å². The van der Waals surface area contributed by atoms with Gasteiger partial charge in [-0.3, -0.25) is 4.79 Å². The van der Waals surface area contributed by atoms with E-state index in [-0.39, 0.29) is 19.7 Å². The van der Waals surface area contributed by atoms with Crippen molar-refractivity contribution in [3.8, 4) is 0 Å². The van der Waals surface area contributed by atoms with E-state index in [1.165, 1.54) is 4.72 Å². The van der Waals surface area contributed by atoms with Gasteiger partial charge >= 0.3 is 12.1 Å². The van der Waals surface area contributed by atoms with Crippen molar-refractivity contribution in [2.75, 3.05) is 26.2 Å². The number of aliphatic carboxylic acids is 1. The Balaban J connectivity index is 2.60. The third-order valence-electron chi connectivity index (χ3n) is 2.30. The molecule has 0 aromatic rings. The van der Waals surface area contributed by atoms with Gasteiger partial charge in [0.15, 0.2) is 0 Å². The van der Waals surface area contributed by atoms with Crippen molar-refractivity contribution in [2.45, 2.75) is 18.7 Å². The number of nitrogens with zero attached hydrogens (tertiary/aromatic N) is 1. The largest absolute Gasteiger partial charge is 0.481 e. The Bertz CT molecular complexity index is 425. The highest BCUT2D eigenvalue weighted by Crippen LogP contribution is 2.15. The first-order chi connectivity index (χ1) is 8.60. The van der Waals surface area contributed by atoms with Crippen molar-refractivity contribution in [1.29, 1.82) is 0 Å². The normalized spacial score (nSPS) is 22.4. The fourth-order valence-electron chi connectivity index (χ4n) is 1.49. The zero-order chi connectivity index (χ0) is 14.7. The lowest BCUT2D eigenvalue weighted by Gasteiger charge is -2.31. The standard InChI is InChI=1S/C8H13F3N2O5S/c9-8(10,11)5-12-19(16,17)13-1-2-18-6(4-13)3-7(14)15/h6,12H,1-5H2,(H,14,15). The number of ether oxygens (including phenoxy) is 1. The Kier molecular flexibility index (Phi) is 5.12. The van der Waals surface area contributed by atoms with Crippen molar-refractivity contribution in [3.05, 3.63) is 0 Å². The zero-order valence-corrected chi connectivity index (χ0v) is 10.5. The molecule has 2 N–H and O–H groups in total. The average Bonchev–Trinajstić information content (AvgIpc) is 2.25. The molecule has 1 heterocycles. The maximum atomic E-state index is 12.0.